The third kappa shape index (κ3) is 1.61. The summed E-state index contributed by atoms with van der Waals surface area (Å²) in [6, 6.07) is 2.86. The van der Waals surface area contributed by atoms with E-state index in [1.807, 2.05) is 18.5 Å². The topological polar surface area (TPSA) is 28.2 Å². The first-order valence-electron chi connectivity index (χ1n) is 5.92. The summed E-state index contributed by atoms with van der Waals surface area (Å²) < 4.78 is 0. The number of aromatic nitrogens is 1. The number of hydrogen-bond acceptors (Lipinski definition) is 3. The second-order valence-electron chi connectivity index (χ2n) is 4.69. The predicted molar refractivity (Wildman–Crippen MR) is 66.4 cm³/mol. The fraction of sp³-hybridized carbons (Fsp3) is 0.462. The molecule has 16 heavy (non-hydrogen) atoms. The van der Waals surface area contributed by atoms with Crippen molar-refractivity contribution < 1.29 is 0 Å². The number of pyridine rings is 1. The Morgan fingerprint density at radius 1 is 1.44 bits per heavy atom. The quantitative estimate of drug-likeness (QED) is 0.810. The second-order valence-corrected chi connectivity index (χ2v) is 4.69. The number of rotatable bonds is 2. The monoisotopic (exact) mass is 215 g/mol. The molecule has 0 unspecified atom stereocenters. The largest absolute Gasteiger partial charge is 0.368 e. The second kappa shape index (κ2) is 3.91. The summed E-state index contributed by atoms with van der Waals surface area (Å²) >= 11 is 0. The molecule has 1 aromatic rings. The summed E-state index contributed by atoms with van der Waals surface area (Å²) in [4.78, 5) is 6.69. The van der Waals surface area contributed by atoms with Gasteiger partial charge in [0.1, 0.15) is 0 Å². The number of nitrogens with one attached hydrogen (secondary N) is 1. The average molecular weight is 215 g/mol. The SMILES string of the molecule is C=Cc1cncc(N2C[C@H]3CCN[C@H]3C2)c1. The van der Waals surface area contributed by atoms with E-state index >= 15 is 0 Å². The lowest BCUT2D eigenvalue weighted by Gasteiger charge is -2.19. The molecule has 3 nitrogen and oxygen atoms in total. The van der Waals surface area contributed by atoms with Crippen molar-refractivity contribution in [2.24, 2.45) is 5.92 Å². The van der Waals surface area contributed by atoms with Gasteiger partial charge < -0.3 is 10.2 Å². The van der Waals surface area contributed by atoms with Crippen LogP contribution in [0.4, 0.5) is 5.69 Å². The Bertz CT molecular complexity index is 390. The van der Waals surface area contributed by atoms with E-state index < -0.39 is 0 Å². The molecule has 3 rings (SSSR count). The Hall–Kier alpha value is -1.35. The van der Waals surface area contributed by atoms with Crippen LogP contribution in [-0.2, 0) is 0 Å². The number of nitrogens with zero attached hydrogens (tertiary/aromatic N) is 2. The molecule has 2 aliphatic heterocycles. The molecule has 0 spiro atoms. The standard InChI is InChI=1S/C13H17N3/c1-2-10-5-12(7-14-6-10)16-8-11-3-4-15-13(11)9-16/h2,5-7,11,13,15H,1,3-4,8-9H2/t11-,13+/m1/s1. The van der Waals surface area contributed by atoms with Crippen LogP contribution in [0.5, 0.6) is 0 Å². The lowest BCUT2D eigenvalue weighted by molar-refractivity contribution is 0.556. The Balaban J connectivity index is 1.80. The highest BCUT2D eigenvalue weighted by atomic mass is 15.2. The highest BCUT2D eigenvalue weighted by Crippen LogP contribution is 2.28. The van der Waals surface area contributed by atoms with Gasteiger partial charge in [0.05, 0.1) is 11.9 Å². The van der Waals surface area contributed by atoms with E-state index in [2.05, 4.69) is 27.8 Å². The van der Waals surface area contributed by atoms with Gasteiger partial charge in [-0.05, 0) is 30.5 Å². The van der Waals surface area contributed by atoms with Crippen LogP contribution in [0.15, 0.2) is 25.0 Å². The Morgan fingerprint density at radius 2 is 2.38 bits per heavy atom. The number of hydrogen-bond donors (Lipinski definition) is 1. The molecule has 1 aromatic heterocycles. The zero-order valence-electron chi connectivity index (χ0n) is 9.39. The van der Waals surface area contributed by atoms with E-state index in [0.717, 1.165) is 18.0 Å². The fourth-order valence-corrected chi connectivity index (χ4v) is 2.79. The van der Waals surface area contributed by atoms with Crippen molar-refractivity contribution in [2.75, 3.05) is 24.5 Å². The minimum Gasteiger partial charge on any atom is -0.368 e. The van der Waals surface area contributed by atoms with Crippen LogP contribution in [0, 0.1) is 5.92 Å². The van der Waals surface area contributed by atoms with Gasteiger partial charge in [-0.15, -0.1) is 0 Å². The van der Waals surface area contributed by atoms with E-state index in [1.54, 1.807) is 0 Å². The fourth-order valence-electron chi connectivity index (χ4n) is 2.79. The molecule has 2 aliphatic rings. The first-order valence-corrected chi connectivity index (χ1v) is 5.92. The van der Waals surface area contributed by atoms with Crippen LogP contribution >= 0.6 is 0 Å². The summed E-state index contributed by atoms with van der Waals surface area (Å²) in [7, 11) is 0. The maximum absolute atomic E-state index is 4.26. The summed E-state index contributed by atoms with van der Waals surface area (Å²) in [6.45, 7) is 7.26. The first kappa shape index (κ1) is 9.85. The minimum atomic E-state index is 0.687. The molecule has 3 heterocycles. The van der Waals surface area contributed by atoms with Gasteiger partial charge in [-0.2, -0.15) is 0 Å². The zero-order chi connectivity index (χ0) is 11.0. The smallest absolute Gasteiger partial charge is 0.0559 e. The molecule has 84 valence electrons. The van der Waals surface area contributed by atoms with Crippen molar-refractivity contribution >= 4 is 11.8 Å². The van der Waals surface area contributed by atoms with Crippen LogP contribution < -0.4 is 10.2 Å². The molecule has 0 saturated carbocycles. The van der Waals surface area contributed by atoms with Crippen molar-refractivity contribution in [3.8, 4) is 0 Å². The van der Waals surface area contributed by atoms with E-state index in [-0.39, 0.29) is 0 Å². The van der Waals surface area contributed by atoms with Gasteiger partial charge in [-0.1, -0.05) is 12.7 Å². The summed E-state index contributed by atoms with van der Waals surface area (Å²) in [5, 5.41) is 3.56. The average Bonchev–Trinajstić information content (AvgIpc) is 2.89. The zero-order valence-corrected chi connectivity index (χ0v) is 9.39. The van der Waals surface area contributed by atoms with E-state index in [1.165, 1.54) is 25.2 Å². The third-order valence-electron chi connectivity index (χ3n) is 3.71. The van der Waals surface area contributed by atoms with Crippen molar-refractivity contribution in [3.05, 3.63) is 30.6 Å². The van der Waals surface area contributed by atoms with Gasteiger partial charge in [-0.25, -0.2) is 0 Å². The lowest BCUT2D eigenvalue weighted by atomic mass is 10.1. The molecular weight excluding hydrogens is 198 g/mol. The van der Waals surface area contributed by atoms with E-state index in [4.69, 9.17) is 0 Å². The van der Waals surface area contributed by atoms with E-state index in [9.17, 15) is 0 Å². The van der Waals surface area contributed by atoms with Gasteiger partial charge in [0.2, 0.25) is 0 Å². The Morgan fingerprint density at radius 3 is 3.19 bits per heavy atom. The highest BCUT2D eigenvalue weighted by Gasteiger charge is 2.35. The van der Waals surface area contributed by atoms with E-state index in [0.29, 0.717) is 6.04 Å². The molecule has 2 saturated heterocycles. The molecular formula is C13H17N3. The van der Waals surface area contributed by atoms with Crippen LogP contribution in [0.25, 0.3) is 6.08 Å². The molecule has 1 N–H and O–H groups in total. The van der Waals surface area contributed by atoms with Gasteiger partial charge in [0.25, 0.3) is 0 Å². The molecule has 0 bridgehead atoms. The van der Waals surface area contributed by atoms with Gasteiger partial charge in [0, 0.05) is 25.3 Å². The summed E-state index contributed by atoms with van der Waals surface area (Å²) in [5.41, 5.74) is 2.33. The van der Waals surface area contributed by atoms with Crippen LogP contribution in [0.3, 0.4) is 0 Å². The molecule has 0 aromatic carbocycles. The Labute approximate surface area is 96.2 Å². The maximum atomic E-state index is 4.26. The minimum absolute atomic E-state index is 0.687. The predicted octanol–water partition coefficient (Wildman–Crippen LogP) is 1.52. The molecule has 2 atom stereocenters. The summed E-state index contributed by atoms with van der Waals surface area (Å²) in [5.74, 6) is 0.826. The van der Waals surface area contributed by atoms with Crippen molar-refractivity contribution in [1.29, 1.82) is 0 Å². The van der Waals surface area contributed by atoms with Crippen molar-refractivity contribution in [3.63, 3.8) is 0 Å². The first-order chi connectivity index (χ1) is 7.86. The van der Waals surface area contributed by atoms with Crippen LogP contribution in [0.1, 0.15) is 12.0 Å². The lowest BCUT2D eigenvalue weighted by Crippen LogP contribution is -2.30. The van der Waals surface area contributed by atoms with Crippen LogP contribution in [-0.4, -0.2) is 30.7 Å². The molecule has 0 radical (unpaired) electrons. The molecule has 3 heteroatoms. The number of fused-ring (bicyclic) bond motifs is 1. The molecule has 0 aliphatic carbocycles. The highest BCUT2D eigenvalue weighted by molar-refractivity contribution is 5.56. The molecule has 0 amide bonds. The Kier molecular flexibility index (Phi) is 2.40. The number of anilines is 1. The normalized spacial score (nSPS) is 28.1. The van der Waals surface area contributed by atoms with Gasteiger partial charge in [-0.3, -0.25) is 4.98 Å². The van der Waals surface area contributed by atoms with Gasteiger partial charge >= 0.3 is 0 Å². The van der Waals surface area contributed by atoms with Crippen LogP contribution in [0.2, 0.25) is 0 Å². The van der Waals surface area contributed by atoms with Gasteiger partial charge in [0.15, 0.2) is 0 Å². The summed E-state index contributed by atoms with van der Waals surface area (Å²) in [6.07, 6.45) is 6.97. The van der Waals surface area contributed by atoms with Crippen molar-refractivity contribution in [2.45, 2.75) is 12.5 Å². The molecule has 2 fully saturated rings. The third-order valence-corrected chi connectivity index (χ3v) is 3.71. The van der Waals surface area contributed by atoms with Crippen molar-refractivity contribution in [1.82, 2.24) is 10.3 Å². The maximum Gasteiger partial charge on any atom is 0.0559 e.